The van der Waals surface area contributed by atoms with Crippen LogP contribution in [0.4, 0.5) is 0 Å². The Bertz CT molecular complexity index is 443. The predicted octanol–water partition coefficient (Wildman–Crippen LogP) is 3.07. The van der Waals surface area contributed by atoms with Gasteiger partial charge in [0.2, 0.25) is 0 Å². The summed E-state index contributed by atoms with van der Waals surface area (Å²) >= 11 is 1.78. The zero-order chi connectivity index (χ0) is 11.5. The van der Waals surface area contributed by atoms with Gasteiger partial charge in [-0.05, 0) is 50.0 Å². The second-order valence-corrected chi connectivity index (χ2v) is 4.90. The van der Waals surface area contributed by atoms with Crippen molar-refractivity contribution in [3.05, 3.63) is 51.5 Å². The van der Waals surface area contributed by atoms with Gasteiger partial charge < -0.3 is 5.32 Å². The largest absolute Gasteiger partial charge is 0.309 e. The lowest BCUT2D eigenvalue weighted by Crippen LogP contribution is -2.17. The van der Waals surface area contributed by atoms with E-state index in [1.807, 2.05) is 20.9 Å². The van der Waals surface area contributed by atoms with Crippen LogP contribution in [-0.2, 0) is 0 Å². The molecule has 2 heterocycles. The van der Waals surface area contributed by atoms with Crippen molar-refractivity contribution in [3.63, 3.8) is 0 Å². The lowest BCUT2D eigenvalue weighted by atomic mass is 10.0. The summed E-state index contributed by atoms with van der Waals surface area (Å²) in [5.41, 5.74) is 3.44. The molecule has 1 N–H and O–H groups in total. The first kappa shape index (κ1) is 11.3. The van der Waals surface area contributed by atoms with E-state index in [0.717, 1.165) is 11.4 Å². The molecule has 0 aliphatic carbocycles. The van der Waals surface area contributed by atoms with Gasteiger partial charge in [-0.1, -0.05) is 6.07 Å². The fourth-order valence-corrected chi connectivity index (χ4v) is 2.82. The van der Waals surface area contributed by atoms with Crippen molar-refractivity contribution in [2.24, 2.45) is 0 Å². The summed E-state index contributed by atoms with van der Waals surface area (Å²) in [4.78, 5) is 5.75. The Balaban J connectivity index is 2.41. The van der Waals surface area contributed by atoms with Crippen LogP contribution in [0.15, 0.2) is 29.6 Å². The molecular formula is C13H16N2S. The Morgan fingerprint density at radius 3 is 2.44 bits per heavy atom. The molecule has 0 spiro atoms. The van der Waals surface area contributed by atoms with Gasteiger partial charge in [-0.2, -0.15) is 0 Å². The molecular weight excluding hydrogens is 216 g/mol. The highest BCUT2D eigenvalue weighted by Crippen LogP contribution is 2.26. The lowest BCUT2D eigenvalue weighted by Gasteiger charge is -2.16. The molecule has 0 fully saturated rings. The molecule has 0 aliphatic rings. The number of nitrogens with zero attached hydrogens (tertiary/aromatic N) is 1. The summed E-state index contributed by atoms with van der Waals surface area (Å²) in [6, 6.07) is 8.82. The molecule has 0 saturated carbocycles. The second kappa shape index (κ2) is 4.76. The lowest BCUT2D eigenvalue weighted by molar-refractivity contribution is 0.700. The zero-order valence-corrected chi connectivity index (χ0v) is 10.6. The van der Waals surface area contributed by atoms with Crippen molar-refractivity contribution < 1.29 is 0 Å². The number of nitrogens with one attached hydrogen (secondary N) is 1. The molecule has 0 radical (unpaired) electrons. The number of thiophene rings is 1. The molecule has 0 bridgehead atoms. The normalized spacial score (nSPS) is 12.7. The van der Waals surface area contributed by atoms with Crippen LogP contribution in [-0.4, -0.2) is 12.0 Å². The zero-order valence-electron chi connectivity index (χ0n) is 9.82. The quantitative estimate of drug-likeness (QED) is 0.879. The summed E-state index contributed by atoms with van der Waals surface area (Å²) in [5, 5.41) is 5.47. The first-order valence-corrected chi connectivity index (χ1v) is 6.24. The van der Waals surface area contributed by atoms with Gasteiger partial charge in [0.05, 0.1) is 6.04 Å². The van der Waals surface area contributed by atoms with Crippen molar-refractivity contribution in [2.75, 3.05) is 7.05 Å². The highest BCUT2D eigenvalue weighted by atomic mass is 32.1. The topological polar surface area (TPSA) is 24.9 Å². The van der Waals surface area contributed by atoms with Crippen molar-refractivity contribution in [3.8, 4) is 0 Å². The predicted molar refractivity (Wildman–Crippen MR) is 68.9 cm³/mol. The standard InChI is InChI=1S/C13H16N2S/c1-9-7-11(8-10(2)15-9)13(14-3)12-5-4-6-16-12/h4-8,13-14H,1-3H3. The van der Waals surface area contributed by atoms with Crippen molar-refractivity contribution in [1.82, 2.24) is 10.3 Å². The highest BCUT2D eigenvalue weighted by molar-refractivity contribution is 7.10. The Morgan fingerprint density at radius 2 is 1.94 bits per heavy atom. The molecule has 16 heavy (non-hydrogen) atoms. The van der Waals surface area contributed by atoms with E-state index in [2.05, 4.69) is 39.9 Å². The van der Waals surface area contributed by atoms with Crippen molar-refractivity contribution in [1.29, 1.82) is 0 Å². The Hall–Kier alpha value is -1.19. The molecule has 0 aliphatic heterocycles. The first-order chi connectivity index (χ1) is 7.70. The maximum absolute atomic E-state index is 4.41. The summed E-state index contributed by atoms with van der Waals surface area (Å²) in [5.74, 6) is 0. The van der Waals surface area contributed by atoms with E-state index < -0.39 is 0 Å². The van der Waals surface area contributed by atoms with Crippen LogP contribution < -0.4 is 5.32 Å². The Labute approximate surface area is 100 Å². The van der Waals surface area contributed by atoms with E-state index in [1.165, 1.54) is 10.4 Å². The van der Waals surface area contributed by atoms with Crippen molar-refractivity contribution >= 4 is 11.3 Å². The molecule has 0 saturated heterocycles. The molecule has 1 atom stereocenters. The Morgan fingerprint density at radius 1 is 1.25 bits per heavy atom. The summed E-state index contributed by atoms with van der Waals surface area (Å²) in [6.45, 7) is 4.08. The number of aryl methyl sites for hydroxylation is 2. The first-order valence-electron chi connectivity index (χ1n) is 5.36. The number of hydrogen-bond acceptors (Lipinski definition) is 3. The second-order valence-electron chi connectivity index (χ2n) is 3.92. The van der Waals surface area contributed by atoms with E-state index in [1.54, 1.807) is 11.3 Å². The molecule has 2 rings (SSSR count). The molecule has 0 amide bonds. The number of aromatic nitrogens is 1. The third kappa shape index (κ3) is 2.31. The number of hydrogen-bond donors (Lipinski definition) is 1. The van der Waals surface area contributed by atoms with Crippen LogP contribution in [0, 0.1) is 13.8 Å². The van der Waals surface area contributed by atoms with Gasteiger partial charge in [0.1, 0.15) is 0 Å². The molecule has 3 heteroatoms. The monoisotopic (exact) mass is 232 g/mol. The van der Waals surface area contributed by atoms with E-state index >= 15 is 0 Å². The third-order valence-electron chi connectivity index (χ3n) is 2.55. The third-order valence-corrected chi connectivity index (χ3v) is 3.49. The van der Waals surface area contributed by atoms with Crippen LogP contribution in [0.25, 0.3) is 0 Å². The summed E-state index contributed by atoms with van der Waals surface area (Å²) in [7, 11) is 2.00. The van der Waals surface area contributed by atoms with Crippen LogP contribution in [0.1, 0.15) is 27.9 Å². The van der Waals surface area contributed by atoms with Gasteiger partial charge in [-0.25, -0.2) is 0 Å². The average Bonchev–Trinajstić information content (AvgIpc) is 2.70. The van der Waals surface area contributed by atoms with Crippen LogP contribution >= 0.6 is 11.3 Å². The molecule has 84 valence electrons. The van der Waals surface area contributed by atoms with Gasteiger partial charge in [0.15, 0.2) is 0 Å². The Kier molecular flexibility index (Phi) is 3.36. The van der Waals surface area contributed by atoms with E-state index in [9.17, 15) is 0 Å². The molecule has 2 aromatic rings. The smallest absolute Gasteiger partial charge is 0.0669 e. The SMILES string of the molecule is CNC(c1cc(C)nc(C)c1)c1cccs1. The van der Waals surface area contributed by atoms with Gasteiger partial charge >= 0.3 is 0 Å². The van der Waals surface area contributed by atoms with Gasteiger partial charge in [0, 0.05) is 16.3 Å². The molecule has 1 unspecified atom stereocenters. The summed E-state index contributed by atoms with van der Waals surface area (Å²) < 4.78 is 0. The minimum absolute atomic E-state index is 0.278. The van der Waals surface area contributed by atoms with E-state index in [4.69, 9.17) is 0 Å². The number of pyridine rings is 1. The maximum atomic E-state index is 4.41. The highest BCUT2D eigenvalue weighted by Gasteiger charge is 2.13. The van der Waals surface area contributed by atoms with Crippen LogP contribution in [0.2, 0.25) is 0 Å². The minimum Gasteiger partial charge on any atom is -0.309 e. The van der Waals surface area contributed by atoms with E-state index in [0.29, 0.717) is 0 Å². The maximum Gasteiger partial charge on any atom is 0.0669 e. The van der Waals surface area contributed by atoms with Crippen molar-refractivity contribution in [2.45, 2.75) is 19.9 Å². The minimum atomic E-state index is 0.278. The molecule has 2 aromatic heterocycles. The number of rotatable bonds is 3. The fourth-order valence-electron chi connectivity index (χ4n) is 1.96. The van der Waals surface area contributed by atoms with E-state index in [-0.39, 0.29) is 6.04 Å². The average molecular weight is 232 g/mol. The van der Waals surface area contributed by atoms with Gasteiger partial charge in [-0.3, -0.25) is 4.98 Å². The van der Waals surface area contributed by atoms with Gasteiger partial charge in [0.25, 0.3) is 0 Å². The van der Waals surface area contributed by atoms with Gasteiger partial charge in [-0.15, -0.1) is 11.3 Å². The molecule has 0 aromatic carbocycles. The van der Waals surface area contributed by atoms with Crippen LogP contribution in [0.5, 0.6) is 0 Å². The fraction of sp³-hybridized carbons (Fsp3) is 0.308. The molecule has 2 nitrogen and oxygen atoms in total. The van der Waals surface area contributed by atoms with Crippen LogP contribution in [0.3, 0.4) is 0 Å². The summed E-state index contributed by atoms with van der Waals surface area (Å²) in [6.07, 6.45) is 0.